The molecular weight excluding hydrogens is 496 g/mol. The van der Waals surface area contributed by atoms with E-state index in [2.05, 4.69) is 6.58 Å². The molecule has 1 unspecified atom stereocenters. The molecule has 0 aromatic heterocycles. The first-order valence-corrected chi connectivity index (χ1v) is 12.4. The van der Waals surface area contributed by atoms with Crippen molar-refractivity contribution < 1.29 is 39.6 Å². The molecule has 1 aromatic carbocycles. The Labute approximate surface area is 222 Å². The van der Waals surface area contributed by atoms with Gasteiger partial charge in [-0.15, -0.1) is 0 Å². The molecule has 0 spiro atoms. The fourth-order valence-electron chi connectivity index (χ4n) is 4.54. The Balaban J connectivity index is 2.41. The zero-order valence-electron chi connectivity index (χ0n) is 21.7. The predicted octanol–water partition coefficient (Wildman–Crippen LogP) is -2.48. The zero-order valence-corrected chi connectivity index (χ0v) is 21.7. The van der Waals surface area contributed by atoms with E-state index in [9.17, 15) is 39.6 Å². The number of rotatable bonds is 11. The highest BCUT2D eigenvalue weighted by Crippen LogP contribution is 2.17. The van der Waals surface area contributed by atoms with Crippen LogP contribution in [0.15, 0.2) is 30.8 Å². The highest BCUT2D eigenvalue weighted by atomic mass is 16.4. The second-order valence-electron chi connectivity index (χ2n) is 9.62. The minimum Gasteiger partial charge on any atom is -0.549 e. The molecule has 1 heterocycles. The van der Waals surface area contributed by atoms with Gasteiger partial charge in [-0.25, -0.2) is 0 Å². The van der Waals surface area contributed by atoms with Crippen molar-refractivity contribution in [2.75, 3.05) is 72.0 Å². The van der Waals surface area contributed by atoms with Gasteiger partial charge in [0.25, 0.3) is 0 Å². The van der Waals surface area contributed by atoms with Crippen LogP contribution in [0.1, 0.15) is 18.1 Å². The molecule has 38 heavy (non-hydrogen) atoms. The minimum atomic E-state index is -1.30. The molecule has 210 valence electrons. The summed E-state index contributed by atoms with van der Waals surface area (Å²) in [5, 5.41) is 41.8. The minimum absolute atomic E-state index is 0.199. The first-order chi connectivity index (χ1) is 17.9. The van der Waals surface area contributed by atoms with E-state index in [1.807, 2.05) is 31.2 Å². The molecule has 1 aromatic rings. The molecule has 1 fully saturated rings. The summed E-state index contributed by atoms with van der Waals surface area (Å²) in [6.45, 7) is 5.87. The van der Waals surface area contributed by atoms with Gasteiger partial charge in [0.2, 0.25) is 0 Å². The monoisotopic (exact) mass is 532 g/mol. The Bertz CT molecular complexity index is 984. The van der Waals surface area contributed by atoms with Crippen LogP contribution < -0.4 is 10.2 Å². The van der Waals surface area contributed by atoms with Crippen LogP contribution in [-0.4, -0.2) is 132 Å². The number of carboxylic acids is 4. The molecule has 1 saturated heterocycles. The van der Waals surface area contributed by atoms with Crippen LogP contribution in [0.5, 0.6) is 0 Å². The average Bonchev–Trinajstić information content (AvgIpc) is 2.80. The molecular formula is C26H36N4O8-2. The van der Waals surface area contributed by atoms with Crippen molar-refractivity contribution in [2.24, 2.45) is 0 Å². The standard InChI is InChI=1S/C26H38N4O8/c1-19(2)21-5-3-20(4-6-21)13-22-14-29(17-25(35)36)10-9-27(15-23(31)32)7-8-28(16-24(33)34)11-12-30(22)18-26(37)38/h3-6,22H,1,7-18H2,2H3,(H,31,32)(H,33,34)(H,35,36)(H,37,38)/p-2. The van der Waals surface area contributed by atoms with Gasteiger partial charge in [0.05, 0.1) is 25.0 Å². The second-order valence-corrected chi connectivity index (χ2v) is 9.62. The van der Waals surface area contributed by atoms with E-state index in [1.165, 1.54) is 0 Å². The quantitative estimate of drug-likeness (QED) is 0.308. The number of carboxylic acid groups (broad SMARTS) is 4. The van der Waals surface area contributed by atoms with Crippen molar-refractivity contribution >= 4 is 29.5 Å². The maximum Gasteiger partial charge on any atom is 0.317 e. The molecule has 2 rings (SSSR count). The van der Waals surface area contributed by atoms with Gasteiger partial charge >= 0.3 is 11.9 Å². The van der Waals surface area contributed by atoms with E-state index < -0.39 is 36.5 Å². The first-order valence-electron chi connectivity index (χ1n) is 12.4. The largest absolute Gasteiger partial charge is 0.549 e. The molecule has 0 saturated carbocycles. The number of hydrogen-bond acceptors (Lipinski definition) is 10. The van der Waals surface area contributed by atoms with Gasteiger partial charge < -0.3 is 30.0 Å². The lowest BCUT2D eigenvalue weighted by molar-refractivity contribution is -0.308. The van der Waals surface area contributed by atoms with Crippen LogP contribution in [0.4, 0.5) is 0 Å². The molecule has 12 heteroatoms. The van der Waals surface area contributed by atoms with Gasteiger partial charge in [-0.05, 0) is 24.5 Å². The Morgan fingerprint density at radius 1 is 0.789 bits per heavy atom. The van der Waals surface area contributed by atoms with Crippen molar-refractivity contribution in [1.29, 1.82) is 0 Å². The second kappa shape index (κ2) is 15.2. The maximum absolute atomic E-state index is 11.8. The molecule has 0 bridgehead atoms. The van der Waals surface area contributed by atoms with E-state index in [0.29, 0.717) is 6.42 Å². The molecule has 0 amide bonds. The van der Waals surface area contributed by atoms with Gasteiger partial charge in [-0.3, -0.25) is 29.2 Å². The fraction of sp³-hybridized carbons (Fsp3) is 0.538. The summed E-state index contributed by atoms with van der Waals surface area (Å²) < 4.78 is 0. The Hall–Kier alpha value is -3.32. The summed E-state index contributed by atoms with van der Waals surface area (Å²) in [5.41, 5.74) is 2.79. The highest BCUT2D eigenvalue weighted by molar-refractivity contribution is 5.70. The smallest absolute Gasteiger partial charge is 0.317 e. The zero-order chi connectivity index (χ0) is 28.2. The number of aliphatic carboxylic acids is 4. The topological polar surface area (TPSA) is 168 Å². The summed E-state index contributed by atoms with van der Waals surface area (Å²) in [7, 11) is 0. The SMILES string of the molecule is C=C(C)c1ccc(CC2CN(CC(=O)O)CCN(CC(=O)[O-])CCN(CC(=O)[O-])CCN2CC(=O)O)cc1. The molecule has 1 aliphatic heterocycles. The van der Waals surface area contributed by atoms with Gasteiger partial charge in [0, 0.05) is 64.9 Å². The highest BCUT2D eigenvalue weighted by Gasteiger charge is 2.27. The van der Waals surface area contributed by atoms with Crippen molar-refractivity contribution in [1.82, 2.24) is 19.6 Å². The maximum atomic E-state index is 11.8. The van der Waals surface area contributed by atoms with E-state index in [0.717, 1.165) is 16.7 Å². The third-order valence-corrected chi connectivity index (χ3v) is 6.47. The van der Waals surface area contributed by atoms with Crippen molar-refractivity contribution in [3.63, 3.8) is 0 Å². The number of carbonyl (C=O) groups is 4. The number of carbonyl (C=O) groups excluding carboxylic acids is 2. The Morgan fingerprint density at radius 3 is 1.71 bits per heavy atom. The van der Waals surface area contributed by atoms with Crippen molar-refractivity contribution in [3.05, 3.63) is 42.0 Å². The lowest BCUT2D eigenvalue weighted by Gasteiger charge is -2.38. The molecule has 1 atom stereocenters. The molecule has 1 aliphatic rings. The lowest BCUT2D eigenvalue weighted by atomic mass is 10.0. The fourth-order valence-corrected chi connectivity index (χ4v) is 4.54. The lowest BCUT2D eigenvalue weighted by Crippen LogP contribution is -2.54. The van der Waals surface area contributed by atoms with Gasteiger partial charge in [-0.2, -0.15) is 0 Å². The van der Waals surface area contributed by atoms with Crippen LogP contribution in [0.2, 0.25) is 0 Å². The third kappa shape index (κ3) is 11.4. The third-order valence-electron chi connectivity index (χ3n) is 6.47. The molecule has 0 radical (unpaired) electrons. The first kappa shape index (κ1) is 30.9. The molecule has 12 nitrogen and oxygen atoms in total. The summed E-state index contributed by atoms with van der Waals surface area (Å²) in [6, 6.07) is 7.27. The summed E-state index contributed by atoms with van der Waals surface area (Å²) in [4.78, 5) is 52.6. The van der Waals surface area contributed by atoms with Gasteiger partial charge in [0.1, 0.15) is 0 Å². The van der Waals surface area contributed by atoms with E-state index >= 15 is 0 Å². The van der Waals surface area contributed by atoms with Gasteiger partial charge in [0.15, 0.2) is 0 Å². The van der Waals surface area contributed by atoms with Gasteiger partial charge in [-0.1, -0.05) is 36.4 Å². The number of allylic oxidation sites excluding steroid dienone is 1. The Kier molecular flexibility index (Phi) is 12.3. The van der Waals surface area contributed by atoms with Crippen LogP contribution in [-0.2, 0) is 25.6 Å². The Morgan fingerprint density at radius 2 is 1.26 bits per heavy atom. The van der Waals surface area contributed by atoms with Crippen LogP contribution in [0, 0.1) is 0 Å². The predicted molar refractivity (Wildman–Crippen MR) is 135 cm³/mol. The normalized spacial score (nSPS) is 19.2. The summed E-state index contributed by atoms with van der Waals surface area (Å²) >= 11 is 0. The van der Waals surface area contributed by atoms with Crippen LogP contribution >= 0.6 is 0 Å². The molecule has 2 N–H and O–H groups in total. The van der Waals surface area contributed by atoms with Crippen LogP contribution in [0.3, 0.4) is 0 Å². The summed E-state index contributed by atoms with van der Waals surface area (Å²) in [5.74, 6) is -4.71. The molecule has 0 aliphatic carbocycles. The average molecular weight is 533 g/mol. The van der Waals surface area contributed by atoms with E-state index in [4.69, 9.17) is 0 Å². The number of hydrogen-bond donors (Lipinski definition) is 2. The van der Waals surface area contributed by atoms with Crippen molar-refractivity contribution in [3.8, 4) is 0 Å². The summed E-state index contributed by atoms with van der Waals surface area (Å²) in [6.07, 6.45) is 0.420. The number of benzene rings is 1. The van der Waals surface area contributed by atoms with E-state index in [-0.39, 0.29) is 65.4 Å². The number of nitrogens with zero attached hydrogens (tertiary/aromatic N) is 4. The van der Waals surface area contributed by atoms with E-state index in [1.54, 1.807) is 19.6 Å². The van der Waals surface area contributed by atoms with Crippen molar-refractivity contribution in [2.45, 2.75) is 19.4 Å². The van der Waals surface area contributed by atoms with Crippen LogP contribution in [0.25, 0.3) is 5.57 Å².